The van der Waals surface area contributed by atoms with Crippen molar-refractivity contribution < 1.29 is 9.59 Å². The Morgan fingerprint density at radius 2 is 2.12 bits per heavy atom. The average molecular weight is 362 g/mol. The van der Waals surface area contributed by atoms with E-state index in [1.165, 1.54) is 0 Å². The Bertz CT molecular complexity index is 687. The van der Waals surface area contributed by atoms with Crippen LogP contribution in [0.5, 0.6) is 0 Å². The van der Waals surface area contributed by atoms with Gasteiger partial charge in [-0.15, -0.1) is 0 Å². The van der Waals surface area contributed by atoms with Crippen LogP contribution in [-0.2, 0) is 29.5 Å². The lowest BCUT2D eigenvalue weighted by Crippen LogP contribution is -2.43. The molecule has 0 fully saturated rings. The molecule has 0 atom stereocenters. The monoisotopic (exact) mass is 362 g/mol. The van der Waals surface area contributed by atoms with Crippen molar-refractivity contribution in [2.24, 2.45) is 7.05 Å². The fourth-order valence-corrected chi connectivity index (χ4v) is 3.37. The molecule has 2 aromatic heterocycles. The maximum absolute atomic E-state index is 12.5. The Labute approximate surface area is 152 Å². The molecule has 0 saturated carbocycles. The lowest BCUT2D eigenvalue weighted by molar-refractivity contribution is -0.132. The molecule has 2 aromatic rings. The highest BCUT2D eigenvalue weighted by Crippen LogP contribution is 2.10. The van der Waals surface area contributed by atoms with Crippen LogP contribution in [0.1, 0.15) is 30.7 Å². The second-order valence-corrected chi connectivity index (χ2v) is 7.19. The number of hydrogen-bond donors (Lipinski definition) is 1. The predicted octanol–water partition coefficient (Wildman–Crippen LogP) is 1.93. The first-order valence-electron chi connectivity index (χ1n) is 8.43. The molecule has 0 aliphatic heterocycles. The molecule has 0 spiro atoms. The largest absolute Gasteiger partial charge is 0.354 e. The first kappa shape index (κ1) is 19.2. The van der Waals surface area contributed by atoms with Crippen molar-refractivity contribution in [1.82, 2.24) is 20.0 Å². The van der Waals surface area contributed by atoms with Gasteiger partial charge in [-0.3, -0.25) is 14.3 Å². The molecule has 6 nitrogen and oxygen atoms in total. The van der Waals surface area contributed by atoms with Crippen LogP contribution in [0.15, 0.2) is 23.0 Å². The van der Waals surface area contributed by atoms with Gasteiger partial charge in [-0.2, -0.15) is 16.4 Å². The lowest BCUT2D eigenvalue weighted by Gasteiger charge is -2.27. The van der Waals surface area contributed by atoms with Gasteiger partial charge in [0, 0.05) is 26.2 Å². The van der Waals surface area contributed by atoms with E-state index in [2.05, 4.69) is 10.4 Å². The topological polar surface area (TPSA) is 67.2 Å². The molecule has 0 radical (unpaired) electrons. The molecule has 136 valence electrons. The molecule has 0 aromatic carbocycles. The van der Waals surface area contributed by atoms with Crippen LogP contribution in [0.25, 0.3) is 0 Å². The molecule has 2 amide bonds. The van der Waals surface area contributed by atoms with Gasteiger partial charge in [0.2, 0.25) is 11.8 Å². The van der Waals surface area contributed by atoms with Crippen LogP contribution in [0.4, 0.5) is 0 Å². The highest BCUT2D eigenvalue weighted by Gasteiger charge is 2.18. The van der Waals surface area contributed by atoms with E-state index in [4.69, 9.17) is 0 Å². The summed E-state index contributed by atoms with van der Waals surface area (Å²) in [5.74, 6) is 0.0332. The van der Waals surface area contributed by atoms with Crippen molar-refractivity contribution in [2.75, 3.05) is 13.1 Å². The van der Waals surface area contributed by atoms with Gasteiger partial charge in [-0.1, -0.05) is 0 Å². The number of hydrogen-bond acceptors (Lipinski definition) is 4. The van der Waals surface area contributed by atoms with Crippen molar-refractivity contribution in [2.45, 2.75) is 39.7 Å². The van der Waals surface area contributed by atoms with Crippen LogP contribution < -0.4 is 5.32 Å². The number of carbonyl (C=O) groups is 2. The second-order valence-electron chi connectivity index (χ2n) is 6.41. The highest BCUT2D eigenvalue weighted by atomic mass is 32.1. The zero-order valence-electron chi connectivity index (χ0n) is 15.3. The van der Waals surface area contributed by atoms with E-state index in [9.17, 15) is 9.59 Å². The Balaban J connectivity index is 1.82. The maximum atomic E-state index is 12.5. The Hall–Kier alpha value is -2.15. The fourth-order valence-electron chi connectivity index (χ4n) is 2.70. The van der Waals surface area contributed by atoms with Crippen LogP contribution >= 0.6 is 11.3 Å². The van der Waals surface area contributed by atoms with Crippen LogP contribution in [0.2, 0.25) is 0 Å². The quantitative estimate of drug-likeness (QED) is 0.780. The molecule has 0 bridgehead atoms. The molecule has 0 unspecified atom stereocenters. The van der Waals surface area contributed by atoms with Crippen molar-refractivity contribution in [3.05, 3.63) is 39.8 Å². The average Bonchev–Trinajstić information content (AvgIpc) is 3.16. The first-order chi connectivity index (χ1) is 11.9. The minimum Gasteiger partial charge on any atom is -0.354 e. The molecule has 0 aliphatic carbocycles. The van der Waals surface area contributed by atoms with Crippen molar-refractivity contribution in [3.8, 4) is 0 Å². The minimum absolute atomic E-state index is 0.0549. The minimum atomic E-state index is -0.0549. The lowest BCUT2D eigenvalue weighted by atomic mass is 10.2. The van der Waals surface area contributed by atoms with Gasteiger partial charge in [-0.05, 0) is 48.7 Å². The van der Waals surface area contributed by atoms with Gasteiger partial charge in [0.1, 0.15) is 0 Å². The second kappa shape index (κ2) is 8.80. The first-order valence-corrected chi connectivity index (χ1v) is 9.37. The van der Waals surface area contributed by atoms with Gasteiger partial charge >= 0.3 is 0 Å². The van der Waals surface area contributed by atoms with E-state index in [-0.39, 0.29) is 17.9 Å². The molecule has 25 heavy (non-hydrogen) atoms. The smallest absolute Gasteiger partial charge is 0.227 e. The van der Waals surface area contributed by atoms with Gasteiger partial charge in [-0.25, -0.2) is 0 Å². The van der Waals surface area contributed by atoms with Crippen LogP contribution in [-0.4, -0.2) is 45.6 Å². The molecule has 1 N–H and O–H groups in total. The molecular weight excluding hydrogens is 336 g/mol. The fraction of sp³-hybridized carbons (Fsp3) is 0.500. The summed E-state index contributed by atoms with van der Waals surface area (Å²) < 4.78 is 1.72. The Kier molecular flexibility index (Phi) is 6.75. The number of aryl methyl sites for hydroxylation is 2. The summed E-state index contributed by atoms with van der Waals surface area (Å²) in [4.78, 5) is 26.4. The molecule has 0 saturated heterocycles. The van der Waals surface area contributed by atoms with E-state index >= 15 is 0 Å². The number of nitrogens with zero attached hydrogens (tertiary/aromatic N) is 3. The molecule has 2 heterocycles. The van der Waals surface area contributed by atoms with E-state index in [1.807, 2.05) is 49.5 Å². The van der Waals surface area contributed by atoms with E-state index in [0.717, 1.165) is 16.8 Å². The summed E-state index contributed by atoms with van der Waals surface area (Å²) in [6.07, 6.45) is 2.46. The summed E-state index contributed by atoms with van der Waals surface area (Å²) in [6, 6.07) is 2.07. The summed E-state index contributed by atoms with van der Waals surface area (Å²) in [6.45, 7) is 6.89. The number of aromatic nitrogens is 2. The number of carbonyl (C=O) groups excluding carboxylic acids is 2. The third-order valence-electron chi connectivity index (χ3n) is 4.15. The van der Waals surface area contributed by atoms with Crippen molar-refractivity contribution in [3.63, 3.8) is 0 Å². The number of nitrogens with one attached hydrogen (secondary N) is 1. The van der Waals surface area contributed by atoms with Gasteiger partial charge in [0.15, 0.2) is 0 Å². The van der Waals surface area contributed by atoms with Gasteiger partial charge in [0.05, 0.1) is 24.7 Å². The highest BCUT2D eigenvalue weighted by molar-refractivity contribution is 7.08. The zero-order chi connectivity index (χ0) is 18.4. The Morgan fingerprint density at radius 1 is 1.36 bits per heavy atom. The van der Waals surface area contributed by atoms with E-state index < -0.39 is 0 Å². The van der Waals surface area contributed by atoms with Crippen LogP contribution in [0, 0.1) is 6.92 Å². The summed E-state index contributed by atoms with van der Waals surface area (Å²) in [7, 11) is 1.83. The molecular formula is C18H26N4O2S. The standard InChI is InChI=1S/C18H26N4O2S/c1-13(2)22(18(24)9-15-5-8-25-12-15)7-6-19-17(23)10-16-14(3)11-20-21(16)4/h5,8,11-13H,6-7,9-10H2,1-4H3,(H,19,23). The normalized spacial score (nSPS) is 10.9. The van der Waals surface area contributed by atoms with E-state index in [0.29, 0.717) is 25.9 Å². The Morgan fingerprint density at radius 3 is 2.68 bits per heavy atom. The van der Waals surface area contributed by atoms with Crippen LogP contribution in [0.3, 0.4) is 0 Å². The number of rotatable bonds is 8. The summed E-state index contributed by atoms with van der Waals surface area (Å²) >= 11 is 1.59. The SMILES string of the molecule is Cc1cnn(C)c1CC(=O)NCCN(C(=O)Cc1ccsc1)C(C)C. The number of thiophene rings is 1. The van der Waals surface area contributed by atoms with Crippen molar-refractivity contribution >= 4 is 23.2 Å². The molecule has 7 heteroatoms. The van der Waals surface area contributed by atoms with Gasteiger partial charge < -0.3 is 10.2 Å². The predicted molar refractivity (Wildman–Crippen MR) is 99.5 cm³/mol. The molecule has 0 aliphatic rings. The maximum Gasteiger partial charge on any atom is 0.227 e. The third kappa shape index (κ3) is 5.42. The van der Waals surface area contributed by atoms with Crippen molar-refractivity contribution in [1.29, 1.82) is 0 Å². The third-order valence-corrected chi connectivity index (χ3v) is 4.88. The summed E-state index contributed by atoms with van der Waals surface area (Å²) in [5.41, 5.74) is 2.95. The van der Waals surface area contributed by atoms with E-state index in [1.54, 1.807) is 22.2 Å². The molecule has 2 rings (SSSR count). The number of amides is 2. The zero-order valence-corrected chi connectivity index (χ0v) is 16.1. The summed E-state index contributed by atoms with van der Waals surface area (Å²) in [5, 5.41) is 11.0. The van der Waals surface area contributed by atoms with Gasteiger partial charge in [0.25, 0.3) is 0 Å².